The summed E-state index contributed by atoms with van der Waals surface area (Å²) < 4.78 is 1.19. The Morgan fingerprint density at radius 1 is 1.50 bits per heavy atom. The first-order chi connectivity index (χ1) is 5.77. The molecule has 0 N–H and O–H groups in total. The molecule has 1 aliphatic rings. The van der Waals surface area contributed by atoms with Gasteiger partial charge >= 0.3 is 0 Å². The second-order valence-electron chi connectivity index (χ2n) is 3.18. The van der Waals surface area contributed by atoms with Crippen LogP contribution in [0.3, 0.4) is 0 Å². The number of anilines is 1. The molecule has 2 rings (SSSR count). The molecule has 12 heavy (non-hydrogen) atoms. The lowest BCUT2D eigenvalue weighted by Gasteiger charge is -2.16. The lowest BCUT2D eigenvalue weighted by Crippen LogP contribution is -2.20. The van der Waals surface area contributed by atoms with Crippen LogP contribution >= 0.6 is 22.6 Å². The predicted octanol–water partition coefficient (Wildman–Crippen LogP) is 2.28. The van der Waals surface area contributed by atoms with Gasteiger partial charge in [0, 0.05) is 22.9 Å². The number of pyridine rings is 1. The van der Waals surface area contributed by atoms with E-state index in [-0.39, 0.29) is 0 Å². The molecule has 64 valence electrons. The van der Waals surface area contributed by atoms with Crippen LogP contribution in [-0.4, -0.2) is 18.1 Å². The maximum Gasteiger partial charge on any atom is 0.128 e. The Kier molecular flexibility index (Phi) is 2.21. The first-order valence-electron chi connectivity index (χ1n) is 4.12. The molecule has 1 saturated carbocycles. The normalized spacial score (nSPS) is 16.2. The molecular formula is C9H11IN2. The van der Waals surface area contributed by atoms with E-state index in [0.29, 0.717) is 0 Å². The van der Waals surface area contributed by atoms with Crippen molar-refractivity contribution in [2.75, 3.05) is 11.9 Å². The Bertz CT molecular complexity index is 266. The molecule has 0 spiro atoms. The van der Waals surface area contributed by atoms with Gasteiger partial charge in [-0.15, -0.1) is 0 Å². The van der Waals surface area contributed by atoms with Crippen LogP contribution in [0.25, 0.3) is 0 Å². The molecule has 0 unspecified atom stereocenters. The standard InChI is InChI=1S/C9H11IN2/c1-12(8-3-4-8)9-5-2-7(10)6-11-9/h2,5-6,8H,3-4H2,1H3. The molecule has 0 saturated heterocycles. The SMILES string of the molecule is CN(c1ccc(I)cn1)C1CC1. The van der Waals surface area contributed by atoms with Crippen LogP contribution < -0.4 is 4.90 Å². The third kappa shape index (κ3) is 1.71. The van der Waals surface area contributed by atoms with E-state index in [1.165, 1.54) is 16.4 Å². The summed E-state index contributed by atoms with van der Waals surface area (Å²) in [6, 6.07) is 4.93. The highest BCUT2D eigenvalue weighted by molar-refractivity contribution is 14.1. The van der Waals surface area contributed by atoms with Gasteiger partial charge in [0.2, 0.25) is 0 Å². The molecule has 2 nitrogen and oxygen atoms in total. The maximum atomic E-state index is 4.36. The van der Waals surface area contributed by atoms with Gasteiger partial charge in [0.15, 0.2) is 0 Å². The molecule has 0 amide bonds. The minimum atomic E-state index is 0.748. The van der Waals surface area contributed by atoms with E-state index in [0.717, 1.165) is 11.9 Å². The van der Waals surface area contributed by atoms with Crippen LogP contribution in [0.15, 0.2) is 18.3 Å². The van der Waals surface area contributed by atoms with Gasteiger partial charge in [0.05, 0.1) is 0 Å². The summed E-state index contributed by atoms with van der Waals surface area (Å²) in [5.41, 5.74) is 0. The van der Waals surface area contributed by atoms with Gasteiger partial charge in [0.1, 0.15) is 5.82 Å². The maximum absolute atomic E-state index is 4.36. The smallest absolute Gasteiger partial charge is 0.128 e. The van der Waals surface area contributed by atoms with Gasteiger partial charge < -0.3 is 4.90 Å². The Labute approximate surface area is 86.1 Å². The number of hydrogen-bond donors (Lipinski definition) is 0. The van der Waals surface area contributed by atoms with Gasteiger partial charge in [-0.1, -0.05) is 0 Å². The molecule has 1 fully saturated rings. The Morgan fingerprint density at radius 2 is 2.25 bits per heavy atom. The molecule has 0 bridgehead atoms. The monoisotopic (exact) mass is 274 g/mol. The summed E-state index contributed by atoms with van der Waals surface area (Å²) >= 11 is 2.27. The minimum absolute atomic E-state index is 0.748. The van der Waals surface area contributed by atoms with Crippen LogP contribution in [-0.2, 0) is 0 Å². The van der Waals surface area contributed by atoms with E-state index < -0.39 is 0 Å². The fraction of sp³-hybridized carbons (Fsp3) is 0.444. The molecule has 0 radical (unpaired) electrons. The molecule has 1 aromatic heterocycles. The van der Waals surface area contributed by atoms with Crippen molar-refractivity contribution in [3.8, 4) is 0 Å². The quantitative estimate of drug-likeness (QED) is 0.769. The lowest BCUT2D eigenvalue weighted by molar-refractivity contribution is 0.891. The third-order valence-corrected chi connectivity index (χ3v) is 2.81. The minimum Gasteiger partial charge on any atom is -0.357 e. The van der Waals surface area contributed by atoms with Gasteiger partial charge in [-0.2, -0.15) is 0 Å². The zero-order valence-electron chi connectivity index (χ0n) is 7.00. The third-order valence-electron chi connectivity index (χ3n) is 2.17. The van der Waals surface area contributed by atoms with Crippen LogP contribution in [0.1, 0.15) is 12.8 Å². The molecule has 0 atom stereocenters. The number of nitrogens with zero attached hydrogens (tertiary/aromatic N) is 2. The van der Waals surface area contributed by atoms with Crippen LogP contribution in [0.5, 0.6) is 0 Å². The number of aromatic nitrogens is 1. The lowest BCUT2D eigenvalue weighted by atomic mass is 10.4. The molecule has 1 heterocycles. The number of halogens is 1. The first-order valence-corrected chi connectivity index (χ1v) is 5.19. The summed E-state index contributed by atoms with van der Waals surface area (Å²) in [6.45, 7) is 0. The van der Waals surface area contributed by atoms with Crippen LogP contribution in [0, 0.1) is 3.57 Å². The van der Waals surface area contributed by atoms with Crippen molar-refractivity contribution in [2.45, 2.75) is 18.9 Å². The molecular weight excluding hydrogens is 263 g/mol. The highest BCUT2D eigenvalue weighted by atomic mass is 127. The Hall–Kier alpha value is -0.320. The second kappa shape index (κ2) is 3.20. The van der Waals surface area contributed by atoms with Gasteiger partial charge in [-0.05, 0) is 47.6 Å². The molecule has 3 heteroatoms. The van der Waals surface area contributed by atoms with Gasteiger partial charge in [0.25, 0.3) is 0 Å². The average Bonchev–Trinajstić information content (AvgIpc) is 2.87. The van der Waals surface area contributed by atoms with Crippen molar-refractivity contribution in [2.24, 2.45) is 0 Å². The number of hydrogen-bond acceptors (Lipinski definition) is 2. The second-order valence-corrected chi connectivity index (χ2v) is 4.42. The highest BCUT2D eigenvalue weighted by Gasteiger charge is 2.26. The van der Waals surface area contributed by atoms with E-state index in [9.17, 15) is 0 Å². The highest BCUT2D eigenvalue weighted by Crippen LogP contribution is 2.28. The summed E-state index contributed by atoms with van der Waals surface area (Å²) in [7, 11) is 2.12. The zero-order valence-corrected chi connectivity index (χ0v) is 9.15. The fourth-order valence-electron chi connectivity index (χ4n) is 1.23. The van der Waals surface area contributed by atoms with Crippen molar-refractivity contribution < 1.29 is 0 Å². The van der Waals surface area contributed by atoms with Crippen molar-refractivity contribution in [3.63, 3.8) is 0 Å². The molecule has 0 aliphatic heterocycles. The van der Waals surface area contributed by atoms with Crippen LogP contribution in [0.2, 0.25) is 0 Å². The summed E-state index contributed by atoms with van der Waals surface area (Å²) in [6.07, 6.45) is 4.56. The molecule has 1 aromatic rings. The van der Waals surface area contributed by atoms with E-state index in [2.05, 4.69) is 51.7 Å². The summed E-state index contributed by atoms with van der Waals surface area (Å²) in [5.74, 6) is 1.10. The van der Waals surface area contributed by atoms with Gasteiger partial charge in [-0.25, -0.2) is 4.98 Å². The van der Waals surface area contributed by atoms with Crippen molar-refractivity contribution in [1.29, 1.82) is 0 Å². The van der Waals surface area contributed by atoms with Crippen molar-refractivity contribution in [3.05, 3.63) is 21.9 Å². The fourth-order valence-corrected chi connectivity index (χ4v) is 1.54. The predicted molar refractivity (Wildman–Crippen MR) is 58.4 cm³/mol. The van der Waals surface area contributed by atoms with Gasteiger partial charge in [-0.3, -0.25) is 0 Å². The largest absolute Gasteiger partial charge is 0.357 e. The topological polar surface area (TPSA) is 16.1 Å². The van der Waals surface area contributed by atoms with Crippen LogP contribution in [0.4, 0.5) is 5.82 Å². The molecule has 1 aliphatic carbocycles. The Morgan fingerprint density at radius 3 is 2.75 bits per heavy atom. The first kappa shape index (κ1) is 8.29. The van der Waals surface area contributed by atoms with E-state index >= 15 is 0 Å². The van der Waals surface area contributed by atoms with E-state index in [1.54, 1.807) is 0 Å². The van der Waals surface area contributed by atoms with E-state index in [1.807, 2.05) is 6.20 Å². The van der Waals surface area contributed by atoms with Crippen molar-refractivity contribution in [1.82, 2.24) is 4.98 Å². The van der Waals surface area contributed by atoms with Crippen molar-refractivity contribution >= 4 is 28.4 Å². The Balaban J connectivity index is 2.16. The summed E-state index contributed by atoms with van der Waals surface area (Å²) in [5, 5.41) is 0. The summed E-state index contributed by atoms with van der Waals surface area (Å²) in [4.78, 5) is 6.62. The van der Waals surface area contributed by atoms with E-state index in [4.69, 9.17) is 0 Å². The molecule has 0 aromatic carbocycles. The number of rotatable bonds is 2. The average molecular weight is 274 g/mol. The zero-order chi connectivity index (χ0) is 8.55.